The van der Waals surface area contributed by atoms with Gasteiger partial charge < -0.3 is 10.1 Å². The molecule has 2 aromatic rings. The highest BCUT2D eigenvalue weighted by molar-refractivity contribution is 9.10. The SMILES string of the molecule is N#CCOc1ccc(NC(=O)c2cccc(Br)c2F)cc1. The van der Waals surface area contributed by atoms with Crippen LogP contribution in [0.2, 0.25) is 0 Å². The van der Waals surface area contributed by atoms with Crippen molar-refractivity contribution in [1.82, 2.24) is 0 Å². The number of hydrogen-bond acceptors (Lipinski definition) is 3. The zero-order valence-electron chi connectivity index (χ0n) is 10.8. The Bertz CT molecular complexity index is 696. The molecule has 1 amide bonds. The van der Waals surface area contributed by atoms with Crippen LogP contribution in [0.15, 0.2) is 46.9 Å². The van der Waals surface area contributed by atoms with Crippen molar-refractivity contribution in [2.75, 3.05) is 11.9 Å². The molecule has 0 heterocycles. The topological polar surface area (TPSA) is 62.1 Å². The molecule has 0 aliphatic heterocycles. The summed E-state index contributed by atoms with van der Waals surface area (Å²) in [7, 11) is 0. The van der Waals surface area contributed by atoms with E-state index in [-0.39, 0.29) is 16.6 Å². The third-order valence-electron chi connectivity index (χ3n) is 2.61. The largest absolute Gasteiger partial charge is 0.479 e. The number of nitrogens with one attached hydrogen (secondary N) is 1. The lowest BCUT2D eigenvalue weighted by Gasteiger charge is -2.08. The zero-order valence-corrected chi connectivity index (χ0v) is 12.4. The van der Waals surface area contributed by atoms with E-state index in [4.69, 9.17) is 10.00 Å². The molecule has 0 radical (unpaired) electrons. The maximum Gasteiger partial charge on any atom is 0.258 e. The second kappa shape index (κ2) is 6.86. The van der Waals surface area contributed by atoms with Crippen molar-refractivity contribution in [2.45, 2.75) is 0 Å². The number of halogens is 2. The number of carbonyl (C=O) groups is 1. The lowest BCUT2D eigenvalue weighted by Crippen LogP contribution is -2.13. The Hall–Kier alpha value is -2.39. The fourth-order valence-electron chi connectivity index (χ4n) is 1.63. The summed E-state index contributed by atoms with van der Waals surface area (Å²) in [6.07, 6.45) is 0. The number of nitrogens with zero attached hydrogens (tertiary/aromatic N) is 1. The van der Waals surface area contributed by atoms with Crippen LogP contribution in [0, 0.1) is 17.1 Å². The lowest BCUT2D eigenvalue weighted by atomic mass is 10.2. The minimum atomic E-state index is -0.607. The normalized spacial score (nSPS) is 9.76. The highest BCUT2D eigenvalue weighted by Gasteiger charge is 2.13. The van der Waals surface area contributed by atoms with E-state index >= 15 is 0 Å². The molecule has 0 aromatic heterocycles. The predicted octanol–water partition coefficient (Wildman–Crippen LogP) is 3.74. The predicted molar refractivity (Wildman–Crippen MR) is 79.6 cm³/mol. The van der Waals surface area contributed by atoms with Crippen LogP contribution < -0.4 is 10.1 Å². The van der Waals surface area contributed by atoms with Gasteiger partial charge in [-0.05, 0) is 52.3 Å². The van der Waals surface area contributed by atoms with Crippen LogP contribution in [-0.2, 0) is 0 Å². The van der Waals surface area contributed by atoms with Crippen molar-refractivity contribution < 1.29 is 13.9 Å². The fourth-order valence-corrected chi connectivity index (χ4v) is 1.99. The van der Waals surface area contributed by atoms with Crippen molar-refractivity contribution in [3.63, 3.8) is 0 Å². The Balaban J connectivity index is 2.09. The molecule has 6 heteroatoms. The molecular weight excluding hydrogens is 339 g/mol. The van der Waals surface area contributed by atoms with Gasteiger partial charge in [-0.15, -0.1) is 0 Å². The summed E-state index contributed by atoms with van der Waals surface area (Å²) in [5, 5.41) is 11.0. The van der Waals surface area contributed by atoms with Crippen LogP contribution in [0.3, 0.4) is 0 Å². The number of anilines is 1. The smallest absolute Gasteiger partial charge is 0.258 e. The molecule has 1 N–H and O–H groups in total. The average Bonchev–Trinajstić information content (AvgIpc) is 2.49. The number of hydrogen-bond donors (Lipinski definition) is 1. The van der Waals surface area contributed by atoms with Gasteiger partial charge in [0.15, 0.2) is 6.61 Å². The molecule has 2 aromatic carbocycles. The van der Waals surface area contributed by atoms with Gasteiger partial charge in [-0.3, -0.25) is 4.79 Å². The maximum absolute atomic E-state index is 13.8. The molecule has 0 aliphatic rings. The first kappa shape index (κ1) is 15.0. The summed E-state index contributed by atoms with van der Waals surface area (Å²) in [6.45, 7) is -0.0467. The number of ether oxygens (including phenoxy) is 1. The van der Waals surface area contributed by atoms with E-state index in [1.807, 2.05) is 6.07 Å². The Morgan fingerprint density at radius 1 is 1.29 bits per heavy atom. The van der Waals surface area contributed by atoms with Crippen LogP contribution >= 0.6 is 15.9 Å². The Morgan fingerprint density at radius 2 is 2.00 bits per heavy atom. The molecule has 2 rings (SSSR count). The number of benzene rings is 2. The van der Waals surface area contributed by atoms with E-state index in [1.54, 1.807) is 30.3 Å². The molecule has 0 unspecified atom stereocenters. The minimum Gasteiger partial charge on any atom is -0.479 e. The summed E-state index contributed by atoms with van der Waals surface area (Å²) in [5.74, 6) is -0.633. The molecular formula is C15H10BrFN2O2. The number of nitriles is 1. The third kappa shape index (κ3) is 3.80. The van der Waals surface area contributed by atoms with Gasteiger partial charge in [0.05, 0.1) is 10.0 Å². The van der Waals surface area contributed by atoms with E-state index < -0.39 is 11.7 Å². The molecule has 0 bridgehead atoms. The first-order chi connectivity index (χ1) is 10.1. The molecule has 0 saturated carbocycles. The van der Waals surface area contributed by atoms with E-state index in [0.29, 0.717) is 11.4 Å². The van der Waals surface area contributed by atoms with E-state index in [0.717, 1.165) is 0 Å². The molecule has 106 valence electrons. The number of amides is 1. The summed E-state index contributed by atoms with van der Waals surface area (Å²) < 4.78 is 19.1. The van der Waals surface area contributed by atoms with E-state index in [1.165, 1.54) is 12.1 Å². The Kier molecular flexibility index (Phi) is 4.90. The minimum absolute atomic E-state index is 0.0467. The summed E-state index contributed by atoms with van der Waals surface area (Å²) in [4.78, 5) is 12.0. The van der Waals surface area contributed by atoms with Crippen molar-refractivity contribution in [3.05, 3.63) is 58.3 Å². The summed E-state index contributed by atoms with van der Waals surface area (Å²) in [5.41, 5.74) is 0.456. The van der Waals surface area contributed by atoms with Crippen molar-refractivity contribution in [1.29, 1.82) is 5.26 Å². The van der Waals surface area contributed by atoms with Gasteiger partial charge in [0.2, 0.25) is 0 Å². The van der Waals surface area contributed by atoms with Crippen molar-refractivity contribution >= 4 is 27.5 Å². The highest BCUT2D eigenvalue weighted by Crippen LogP contribution is 2.21. The third-order valence-corrected chi connectivity index (χ3v) is 3.22. The molecule has 4 nitrogen and oxygen atoms in total. The number of carbonyl (C=O) groups excluding carboxylic acids is 1. The molecule has 0 aliphatic carbocycles. The number of rotatable bonds is 4. The lowest BCUT2D eigenvalue weighted by molar-refractivity contribution is 0.102. The second-order valence-electron chi connectivity index (χ2n) is 4.03. The molecule has 21 heavy (non-hydrogen) atoms. The van der Waals surface area contributed by atoms with Crippen LogP contribution in [0.25, 0.3) is 0 Å². The van der Waals surface area contributed by atoms with Crippen LogP contribution in [0.4, 0.5) is 10.1 Å². The molecule has 0 fully saturated rings. The molecule has 0 atom stereocenters. The molecule has 0 saturated heterocycles. The Labute approximate surface area is 129 Å². The average molecular weight is 349 g/mol. The quantitative estimate of drug-likeness (QED) is 0.915. The zero-order chi connectivity index (χ0) is 15.2. The van der Waals surface area contributed by atoms with E-state index in [9.17, 15) is 9.18 Å². The van der Waals surface area contributed by atoms with Gasteiger partial charge >= 0.3 is 0 Å². The Morgan fingerprint density at radius 3 is 2.67 bits per heavy atom. The van der Waals surface area contributed by atoms with Gasteiger partial charge in [-0.25, -0.2) is 4.39 Å². The van der Waals surface area contributed by atoms with Gasteiger partial charge in [-0.1, -0.05) is 6.07 Å². The van der Waals surface area contributed by atoms with Crippen molar-refractivity contribution in [2.24, 2.45) is 0 Å². The molecule has 0 spiro atoms. The standard InChI is InChI=1S/C15H10BrFN2O2/c16-13-3-1-2-12(14(13)17)15(20)19-10-4-6-11(7-5-10)21-9-8-18/h1-7H,9H2,(H,19,20). The first-order valence-electron chi connectivity index (χ1n) is 5.97. The maximum atomic E-state index is 13.8. The van der Waals surface area contributed by atoms with Gasteiger partial charge in [-0.2, -0.15) is 5.26 Å². The van der Waals surface area contributed by atoms with E-state index in [2.05, 4.69) is 21.2 Å². The monoisotopic (exact) mass is 348 g/mol. The first-order valence-corrected chi connectivity index (χ1v) is 6.76. The van der Waals surface area contributed by atoms with Gasteiger partial charge in [0.1, 0.15) is 17.6 Å². The van der Waals surface area contributed by atoms with Crippen molar-refractivity contribution in [3.8, 4) is 11.8 Å². The van der Waals surface area contributed by atoms with Crippen LogP contribution in [0.1, 0.15) is 10.4 Å². The van der Waals surface area contributed by atoms with Gasteiger partial charge in [0.25, 0.3) is 5.91 Å². The summed E-state index contributed by atoms with van der Waals surface area (Å²) in [6, 6.07) is 12.8. The fraction of sp³-hybridized carbons (Fsp3) is 0.0667. The van der Waals surface area contributed by atoms with Crippen LogP contribution in [0.5, 0.6) is 5.75 Å². The van der Waals surface area contributed by atoms with Gasteiger partial charge in [0, 0.05) is 5.69 Å². The highest BCUT2D eigenvalue weighted by atomic mass is 79.9. The second-order valence-corrected chi connectivity index (χ2v) is 4.88. The van der Waals surface area contributed by atoms with Crippen LogP contribution in [-0.4, -0.2) is 12.5 Å². The summed E-state index contributed by atoms with van der Waals surface area (Å²) >= 11 is 3.04.